The van der Waals surface area contributed by atoms with E-state index in [1.54, 1.807) is 0 Å². The monoisotopic (exact) mass is 1170 g/mol. The normalized spacial score (nSPS) is 13.5. The van der Waals surface area contributed by atoms with Gasteiger partial charge in [0, 0.05) is 6.42 Å². The predicted octanol–water partition coefficient (Wildman–Crippen LogP) is 22.9. The minimum absolute atomic E-state index is 0.0170. The van der Waals surface area contributed by atoms with Crippen molar-refractivity contribution in [3.05, 3.63) is 0 Å². The quantitative estimate of drug-likeness (QED) is 0.0357. The van der Waals surface area contributed by atoms with E-state index in [0.717, 1.165) is 38.5 Å². The van der Waals surface area contributed by atoms with E-state index in [1.165, 1.54) is 340 Å². The molecule has 0 spiro atoms. The number of unbranched alkanes of at least 4 members (excludes halogenated alkanes) is 57. The summed E-state index contributed by atoms with van der Waals surface area (Å²) in [5.41, 5.74) is 0. The van der Waals surface area contributed by atoms with E-state index in [9.17, 15) is 19.4 Å². The fourth-order valence-corrected chi connectivity index (χ4v) is 12.6. The lowest BCUT2D eigenvalue weighted by Crippen LogP contribution is -2.46. The van der Waals surface area contributed by atoms with Crippen molar-refractivity contribution in [3.63, 3.8) is 0 Å². The van der Waals surface area contributed by atoms with Gasteiger partial charge in [0.15, 0.2) is 0 Å². The summed E-state index contributed by atoms with van der Waals surface area (Å²) in [7, 11) is 1.33. The summed E-state index contributed by atoms with van der Waals surface area (Å²) in [5, 5.41) is 14.1. The number of hydrogen-bond donors (Lipinski definition) is 2. The van der Waals surface area contributed by atoms with Crippen LogP contribution in [0, 0.1) is 0 Å². The highest BCUT2D eigenvalue weighted by Gasteiger charge is 2.24. The fraction of sp³-hybridized carbons (Fsp3) is 0.986. The van der Waals surface area contributed by atoms with Crippen LogP contribution in [0.5, 0.6) is 0 Å². The number of aliphatic hydroxyl groups excluding tert-OH is 1. The lowest BCUT2D eigenvalue weighted by atomic mass is 10.0. The molecule has 9 heteroatoms. The van der Waals surface area contributed by atoms with Crippen LogP contribution in [0.3, 0.4) is 0 Å². The first-order valence-electron chi connectivity index (χ1n) is 36.9. The number of nitrogens with one attached hydrogen (secondary N) is 1. The average molecular weight is 1170 g/mol. The Morgan fingerprint density at radius 3 is 0.840 bits per heavy atom. The van der Waals surface area contributed by atoms with Crippen LogP contribution >= 0.6 is 7.82 Å². The Balaban J connectivity index is 3.94. The molecular weight excluding hydrogens is 1020 g/mol. The molecule has 8 nitrogen and oxygen atoms in total. The number of quaternary nitrogens is 1. The van der Waals surface area contributed by atoms with Gasteiger partial charge in [0.25, 0.3) is 7.82 Å². The zero-order valence-corrected chi connectivity index (χ0v) is 56.7. The van der Waals surface area contributed by atoms with E-state index >= 15 is 0 Å². The predicted molar refractivity (Wildman–Crippen MR) is 353 cm³/mol. The Morgan fingerprint density at radius 2 is 0.605 bits per heavy atom. The Bertz CT molecular complexity index is 1280. The molecule has 486 valence electrons. The van der Waals surface area contributed by atoms with Gasteiger partial charge in [-0.05, 0) is 12.8 Å². The van der Waals surface area contributed by atoms with Crippen LogP contribution in [0.25, 0.3) is 0 Å². The van der Waals surface area contributed by atoms with Crippen LogP contribution < -0.4 is 10.2 Å². The number of carbonyl (C=O) groups is 1. The molecule has 0 saturated carbocycles. The molecule has 0 saturated heterocycles. The first-order chi connectivity index (χ1) is 39.5. The zero-order valence-electron chi connectivity index (χ0n) is 55.8. The van der Waals surface area contributed by atoms with Gasteiger partial charge in [0.1, 0.15) is 13.2 Å². The first-order valence-corrected chi connectivity index (χ1v) is 38.3. The molecule has 2 N–H and O–H groups in total. The van der Waals surface area contributed by atoms with Gasteiger partial charge >= 0.3 is 0 Å². The van der Waals surface area contributed by atoms with Gasteiger partial charge in [-0.25, -0.2) is 0 Å². The number of phosphoric acid groups is 1. The second-order valence-corrected chi connectivity index (χ2v) is 28.4. The van der Waals surface area contributed by atoms with E-state index < -0.39 is 20.0 Å². The molecule has 3 atom stereocenters. The molecule has 0 heterocycles. The van der Waals surface area contributed by atoms with Crippen molar-refractivity contribution in [2.24, 2.45) is 0 Å². The minimum atomic E-state index is -4.58. The molecule has 81 heavy (non-hydrogen) atoms. The summed E-state index contributed by atoms with van der Waals surface area (Å²) < 4.78 is 23.6. The Kier molecular flexibility index (Phi) is 63.6. The number of hydrogen-bond acceptors (Lipinski definition) is 6. The van der Waals surface area contributed by atoms with Gasteiger partial charge in [-0.15, -0.1) is 0 Å². The number of likely N-dealkylation sites (N-methyl/N-ethyl adjacent to an activating group) is 1. The van der Waals surface area contributed by atoms with E-state index in [2.05, 4.69) is 19.2 Å². The average Bonchev–Trinajstić information content (AvgIpc) is 3.43. The van der Waals surface area contributed by atoms with Crippen LogP contribution in [0.15, 0.2) is 0 Å². The largest absolute Gasteiger partial charge is 0.756 e. The summed E-state index contributed by atoms with van der Waals surface area (Å²) in [5.74, 6) is -0.153. The first kappa shape index (κ1) is 80.5. The summed E-state index contributed by atoms with van der Waals surface area (Å²) in [6.45, 7) is 4.81. The minimum Gasteiger partial charge on any atom is -0.756 e. The van der Waals surface area contributed by atoms with Gasteiger partial charge in [0.2, 0.25) is 5.91 Å². The Morgan fingerprint density at radius 1 is 0.383 bits per heavy atom. The highest BCUT2D eigenvalue weighted by Crippen LogP contribution is 2.38. The van der Waals surface area contributed by atoms with Crippen molar-refractivity contribution in [3.8, 4) is 0 Å². The summed E-state index contributed by atoms with van der Waals surface area (Å²) in [4.78, 5) is 25.7. The number of aliphatic hydroxyl groups is 1. The Hall–Kier alpha value is -0.500. The van der Waals surface area contributed by atoms with Gasteiger partial charge in [-0.2, -0.15) is 0 Å². The van der Waals surface area contributed by atoms with Crippen molar-refractivity contribution in [1.82, 2.24) is 5.32 Å². The van der Waals surface area contributed by atoms with E-state index in [0.29, 0.717) is 23.9 Å². The molecule has 0 aliphatic rings. The third-order valence-electron chi connectivity index (χ3n) is 17.6. The third kappa shape index (κ3) is 66.9. The smallest absolute Gasteiger partial charge is 0.268 e. The van der Waals surface area contributed by atoms with Crippen LogP contribution in [-0.4, -0.2) is 68.5 Å². The summed E-state index contributed by atoms with van der Waals surface area (Å²) in [6.07, 6.45) is 80.6. The zero-order chi connectivity index (χ0) is 59.1. The fourth-order valence-electron chi connectivity index (χ4n) is 11.9. The molecule has 0 aromatic rings. The molecular formula is C72H147N2O6P. The maximum absolute atomic E-state index is 13.1. The maximum Gasteiger partial charge on any atom is 0.268 e. The maximum atomic E-state index is 13.1. The van der Waals surface area contributed by atoms with Crippen LogP contribution in [0.2, 0.25) is 0 Å². The molecule has 0 aromatic heterocycles. The topological polar surface area (TPSA) is 108 Å². The van der Waals surface area contributed by atoms with Gasteiger partial charge in [-0.3, -0.25) is 9.36 Å². The molecule has 3 unspecified atom stereocenters. The molecule has 0 aromatic carbocycles. The number of carbonyl (C=O) groups excluding carboxylic acids is 1. The van der Waals surface area contributed by atoms with Crippen molar-refractivity contribution < 1.29 is 32.9 Å². The van der Waals surface area contributed by atoms with Gasteiger partial charge in [-0.1, -0.05) is 386 Å². The van der Waals surface area contributed by atoms with Gasteiger partial charge in [0.05, 0.1) is 39.9 Å². The highest BCUT2D eigenvalue weighted by atomic mass is 31.2. The van der Waals surface area contributed by atoms with Crippen LogP contribution in [0.4, 0.5) is 0 Å². The number of rotatable bonds is 70. The summed E-state index contributed by atoms with van der Waals surface area (Å²) >= 11 is 0. The molecule has 0 bridgehead atoms. The molecule has 0 fully saturated rings. The molecule has 0 radical (unpaired) electrons. The van der Waals surface area contributed by atoms with Gasteiger partial charge < -0.3 is 28.8 Å². The standard InChI is InChI=1S/C72H147N2O6P/c1-6-8-10-12-14-16-18-20-22-24-26-28-30-32-34-35-36-37-38-40-42-44-46-48-50-52-54-56-58-60-62-64-66-72(76)73-70(69-80-81(77,78)79-68-67-74(3,4)5)71(75)65-63-61-59-57-55-53-51-49-47-45-43-41-39-33-31-29-27-25-23-21-19-17-15-13-11-9-7-2/h70-71,75H,6-69H2,1-5H3,(H-,73,76,77,78). The molecule has 0 aliphatic heterocycles. The second-order valence-electron chi connectivity index (χ2n) is 27.0. The number of phosphoric ester groups is 1. The lowest BCUT2D eigenvalue weighted by Gasteiger charge is -2.30. The number of nitrogens with zero attached hydrogens (tertiary/aromatic N) is 1. The lowest BCUT2D eigenvalue weighted by molar-refractivity contribution is -0.870. The van der Waals surface area contributed by atoms with E-state index in [1.807, 2.05) is 21.1 Å². The van der Waals surface area contributed by atoms with E-state index in [-0.39, 0.29) is 19.1 Å². The van der Waals surface area contributed by atoms with Crippen molar-refractivity contribution >= 4 is 13.7 Å². The van der Waals surface area contributed by atoms with Crippen molar-refractivity contribution in [2.75, 3.05) is 40.9 Å². The molecule has 0 rings (SSSR count). The second kappa shape index (κ2) is 64.0. The third-order valence-corrected chi connectivity index (χ3v) is 18.6. The Labute approximate surface area is 508 Å². The molecule has 1 amide bonds. The summed E-state index contributed by atoms with van der Waals surface area (Å²) in [6, 6.07) is -0.797. The molecule has 0 aliphatic carbocycles. The van der Waals surface area contributed by atoms with E-state index in [4.69, 9.17) is 9.05 Å². The van der Waals surface area contributed by atoms with Crippen LogP contribution in [-0.2, 0) is 18.4 Å². The highest BCUT2D eigenvalue weighted by molar-refractivity contribution is 7.45. The van der Waals surface area contributed by atoms with Crippen molar-refractivity contribution in [2.45, 2.75) is 418 Å². The number of amides is 1. The van der Waals surface area contributed by atoms with Crippen molar-refractivity contribution in [1.29, 1.82) is 0 Å². The van der Waals surface area contributed by atoms with Crippen LogP contribution in [0.1, 0.15) is 406 Å². The SMILES string of the molecule is CCCCCCCCCCCCCCCCCCCCCCCCCCCCCCCCCCC(=O)NC(COP(=O)([O-])OCC[N+](C)(C)C)C(O)CCCCCCCCCCCCCCCCCCCCCCCCCCCCC.